The van der Waals surface area contributed by atoms with Gasteiger partial charge in [0.15, 0.2) is 5.41 Å². The van der Waals surface area contributed by atoms with Crippen LogP contribution in [0.4, 0.5) is 5.69 Å². The number of nitrogens with two attached hydrogens (primary N) is 1. The normalized spacial score (nSPS) is 18.9. The lowest BCUT2D eigenvalue weighted by molar-refractivity contribution is -0.140. The molecule has 2 aromatic carbocycles. The van der Waals surface area contributed by atoms with Crippen molar-refractivity contribution in [3.63, 3.8) is 0 Å². The zero-order chi connectivity index (χ0) is 22.6. The first-order chi connectivity index (χ1) is 15.4. The van der Waals surface area contributed by atoms with Gasteiger partial charge in [-0.15, -0.1) is 0 Å². The number of hydrogen-bond acceptors (Lipinski definition) is 8. The molecule has 3 heterocycles. The molecule has 32 heavy (non-hydrogen) atoms. The van der Waals surface area contributed by atoms with E-state index in [0.717, 1.165) is 4.90 Å². The smallest absolute Gasteiger partial charge is 0.343 e. The minimum absolute atomic E-state index is 0.0969. The number of nitriles is 1. The summed E-state index contributed by atoms with van der Waals surface area (Å²) in [6.07, 6.45) is 0. The van der Waals surface area contributed by atoms with E-state index >= 15 is 0 Å². The summed E-state index contributed by atoms with van der Waals surface area (Å²) in [6, 6.07) is 15.1. The van der Waals surface area contributed by atoms with Gasteiger partial charge in [0.05, 0.1) is 18.4 Å². The Bertz CT molecular complexity index is 1460. The highest BCUT2D eigenvalue weighted by atomic mass is 16.5. The Balaban J connectivity index is 1.99. The Morgan fingerprint density at radius 1 is 1.19 bits per heavy atom. The molecule has 2 aliphatic rings. The average Bonchev–Trinajstić information content (AvgIpc) is 3.04. The van der Waals surface area contributed by atoms with Crippen molar-refractivity contribution in [1.29, 1.82) is 5.26 Å². The van der Waals surface area contributed by atoms with Crippen LogP contribution in [0.3, 0.4) is 0 Å². The molecule has 0 bridgehead atoms. The summed E-state index contributed by atoms with van der Waals surface area (Å²) in [5, 5.41) is 10.4. The molecule has 158 valence electrons. The molecule has 0 fully saturated rings. The number of amides is 1. The number of para-hydroxylation sites is 2. The highest BCUT2D eigenvalue weighted by Gasteiger charge is 2.62. The van der Waals surface area contributed by atoms with Gasteiger partial charge in [0.25, 0.3) is 0 Å². The van der Waals surface area contributed by atoms with Crippen molar-refractivity contribution in [2.45, 2.75) is 5.41 Å². The number of carbonyl (C=O) groups is 2. The van der Waals surface area contributed by atoms with E-state index in [-0.39, 0.29) is 39.6 Å². The number of nitrogens with zero attached hydrogens (tertiary/aromatic N) is 2. The summed E-state index contributed by atoms with van der Waals surface area (Å²) in [6.45, 7) is -0.473. The van der Waals surface area contributed by atoms with E-state index < -0.39 is 29.5 Å². The first-order valence-corrected chi connectivity index (χ1v) is 9.58. The summed E-state index contributed by atoms with van der Waals surface area (Å²) in [4.78, 5) is 40.8. The van der Waals surface area contributed by atoms with E-state index in [1.807, 2.05) is 6.07 Å². The lowest BCUT2D eigenvalue weighted by atomic mass is 9.69. The minimum Gasteiger partial charge on any atom is -0.468 e. The number of benzene rings is 2. The number of esters is 1. The second kappa shape index (κ2) is 6.72. The molecule has 0 aliphatic carbocycles. The van der Waals surface area contributed by atoms with Crippen LogP contribution < -0.4 is 21.0 Å². The molecule has 0 saturated carbocycles. The van der Waals surface area contributed by atoms with Crippen LogP contribution in [-0.2, 0) is 19.7 Å². The number of rotatable bonds is 2. The molecule has 5 rings (SSSR count). The second-order valence-corrected chi connectivity index (χ2v) is 7.28. The van der Waals surface area contributed by atoms with Gasteiger partial charge in [0, 0.05) is 10.9 Å². The van der Waals surface area contributed by atoms with Gasteiger partial charge in [-0.25, -0.2) is 4.79 Å². The van der Waals surface area contributed by atoms with Crippen LogP contribution in [0, 0.1) is 11.3 Å². The van der Waals surface area contributed by atoms with Gasteiger partial charge in [-0.05, 0) is 18.2 Å². The quantitative estimate of drug-likeness (QED) is 0.480. The third-order valence-corrected chi connectivity index (χ3v) is 5.76. The van der Waals surface area contributed by atoms with E-state index in [4.69, 9.17) is 19.6 Å². The summed E-state index contributed by atoms with van der Waals surface area (Å²) >= 11 is 0. The van der Waals surface area contributed by atoms with Crippen LogP contribution in [0.25, 0.3) is 11.0 Å². The number of anilines is 1. The van der Waals surface area contributed by atoms with Crippen LogP contribution in [0.15, 0.2) is 69.2 Å². The van der Waals surface area contributed by atoms with Crippen LogP contribution in [0.1, 0.15) is 11.1 Å². The monoisotopic (exact) mass is 429 g/mol. The first kappa shape index (κ1) is 19.4. The van der Waals surface area contributed by atoms with Gasteiger partial charge < -0.3 is 19.6 Å². The highest BCUT2D eigenvalue weighted by molar-refractivity contribution is 6.19. The molecule has 1 amide bonds. The van der Waals surface area contributed by atoms with E-state index in [1.165, 1.54) is 7.11 Å². The third kappa shape index (κ3) is 2.29. The topological polar surface area (TPSA) is 136 Å². The van der Waals surface area contributed by atoms with Crippen molar-refractivity contribution >= 4 is 28.5 Å². The maximum atomic E-state index is 14.1. The molecular weight excluding hydrogens is 414 g/mol. The number of methoxy groups -OCH3 is 1. The van der Waals surface area contributed by atoms with E-state index in [2.05, 4.69) is 0 Å². The van der Waals surface area contributed by atoms with E-state index in [0.29, 0.717) is 5.39 Å². The molecule has 1 spiro atoms. The van der Waals surface area contributed by atoms with Gasteiger partial charge in [0.1, 0.15) is 29.5 Å². The molecule has 1 atom stereocenters. The maximum absolute atomic E-state index is 14.1. The van der Waals surface area contributed by atoms with Crippen molar-refractivity contribution < 1.29 is 23.5 Å². The average molecular weight is 429 g/mol. The van der Waals surface area contributed by atoms with Gasteiger partial charge in [-0.3, -0.25) is 14.5 Å². The molecule has 1 aromatic heterocycles. The molecule has 3 aromatic rings. The predicted octanol–water partition coefficient (Wildman–Crippen LogP) is 1.68. The second-order valence-electron chi connectivity index (χ2n) is 7.28. The fraction of sp³-hybridized carbons (Fsp3) is 0.130. The molecular formula is C23H15N3O6. The predicted molar refractivity (Wildman–Crippen MR) is 112 cm³/mol. The Hall–Kier alpha value is -4.58. The number of hydrogen-bond donors (Lipinski definition) is 1. The SMILES string of the molecule is COC(=O)CN1C(=O)C2(C(C#N)=C(N)Oc3ccccc32)c2c1c1ccccc1oc2=O. The Morgan fingerprint density at radius 2 is 1.91 bits per heavy atom. The lowest BCUT2D eigenvalue weighted by Gasteiger charge is -2.33. The molecule has 1 unspecified atom stereocenters. The zero-order valence-electron chi connectivity index (χ0n) is 16.7. The van der Waals surface area contributed by atoms with Crippen molar-refractivity contribution in [2.75, 3.05) is 18.6 Å². The van der Waals surface area contributed by atoms with Crippen molar-refractivity contribution in [3.05, 3.63) is 81.5 Å². The van der Waals surface area contributed by atoms with Gasteiger partial charge in [-0.2, -0.15) is 5.26 Å². The molecule has 0 radical (unpaired) electrons. The van der Waals surface area contributed by atoms with Crippen LogP contribution in [-0.4, -0.2) is 25.5 Å². The lowest BCUT2D eigenvalue weighted by Crippen LogP contribution is -2.48. The first-order valence-electron chi connectivity index (χ1n) is 9.58. The van der Waals surface area contributed by atoms with E-state index in [9.17, 15) is 19.6 Å². The number of fused-ring (bicyclic) bond motifs is 6. The van der Waals surface area contributed by atoms with Gasteiger partial charge in [0.2, 0.25) is 11.8 Å². The molecule has 2 aliphatic heterocycles. The molecule has 2 N–H and O–H groups in total. The Kier molecular flexibility index (Phi) is 4.07. The Labute approximate surface area is 180 Å². The van der Waals surface area contributed by atoms with Gasteiger partial charge >= 0.3 is 11.6 Å². The number of ether oxygens (including phenoxy) is 2. The van der Waals surface area contributed by atoms with Crippen molar-refractivity contribution in [1.82, 2.24) is 0 Å². The maximum Gasteiger partial charge on any atom is 0.343 e. The fourth-order valence-electron chi connectivity index (χ4n) is 4.48. The van der Waals surface area contributed by atoms with Crippen LogP contribution in [0.5, 0.6) is 5.75 Å². The van der Waals surface area contributed by atoms with Gasteiger partial charge in [-0.1, -0.05) is 30.3 Å². The number of carbonyl (C=O) groups excluding carboxylic acids is 2. The fourth-order valence-corrected chi connectivity index (χ4v) is 4.48. The van der Waals surface area contributed by atoms with Crippen LogP contribution >= 0.6 is 0 Å². The summed E-state index contributed by atoms with van der Waals surface area (Å²) < 4.78 is 15.9. The third-order valence-electron chi connectivity index (χ3n) is 5.76. The van der Waals surface area contributed by atoms with E-state index in [1.54, 1.807) is 48.5 Å². The van der Waals surface area contributed by atoms with Crippen molar-refractivity contribution in [3.8, 4) is 11.8 Å². The largest absolute Gasteiger partial charge is 0.468 e. The highest BCUT2D eigenvalue weighted by Crippen LogP contribution is 2.55. The molecule has 0 saturated heterocycles. The van der Waals surface area contributed by atoms with Crippen molar-refractivity contribution in [2.24, 2.45) is 5.73 Å². The molecule has 9 heteroatoms. The minimum atomic E-state index is -1.93. The summed E-state index contributed by atoms with van der Waals surface area (Å²) in [7, 11) is 1.19. The standard InChI is InChI=1S/C23H15N3O6/c1-30-17(27)11-26-19-12-6-2-4-8-15(12)32-21(28)18(19)23(22(26)29)13-7-3-5-9-16(13)31-20(25)14(23)10-24/h2-9H,11,25H2,1H3. The summed E-state index contributed by atoms with van der Waals surface area (Å²) in [5.41, 5.74) is 3.61. The zero-order valence-corrected chi connectivity index (χ0v) is 16.7. The summed E-state index contributed by atoms with van der Waals surface area (Å²) in [5.74, 6) is -1.49. The Morgan fingerprint density at radius 3 is 2.66 bits per heavy atom. The molecule has 9 nitrogen and oxygen atoms in total. The van der Waals surface area contributed by atoms with Crippen LogP contribution in [0.2, 0.25) is 0 Å².